The van der Waals surface area contributed by atoms with Gasteiger partial charge in [-0.15, -0.1) is 0 Å². The summed E-state index contributed by atoms with van der Waals surface area (Å²) in [4.78, 5) is 17.5. The summed E-state index contributed by atoms with van der Waals surface area (Å²) < 4.78 is 0. The number of benzene rings is 2. The van der Waals surface area contributed by atoms with Gasteiger partial charge in [-0.05, 0) is 69.3 Å². The second kappa shape index (κ2) is 8.78. The minimum absolute atomic E-state index is 0.0430. The number of urea groups is 1. The zero-order chi connectivity index (χ0) is 19.2. The molecule has 2 aromatic rings. The summed E-state index contributed by atoms with van der Waals surface area (Å²) in [5.41, 5.74) is 2.48. The minimum atomic E-state index is 0.0430. The fourth-order valence-corrected chi connectivity index (χ4v) is 4.93. The highest BCUT2D eigenvalue weighted by Gasteiger charge is 2.44. The average Bonchev–Trinajstić information content (AvgIpc) is 3.11. The molecule has 2 fully saturated rings. The molecule has 2 saturated heterocycles. The van der Waals surface area contributed by atoms with Crippen molar-refractivity contribution >= 4 is 11.7 Å². The van der Waals surface area contributed by atoms with E-state index in [0.29, 0.717) is 0 Å². The molecule has 1 atom stereocenters. The topological polar surface area (TPSA) is 35.6 Å². The summed E-state index contributed by atoms with van der Waals surface area (Å²) >= 11 is 0. The number of piperidine rings is 1. The van der Waals surface area contributed by atoms with Crippen LogP contribution in [0.1, 0.15) is 37.7 Å². The summed E-state index contributed by atoms with van der Waals surface area (Å²) in [6.07, 6.45) is 7.09. The molecule has 1 N–H and O–H groups in total. The van der Waals surface area contributed by atoms with E-state index in [1.165, 1.54) is 37.8 Å². The molecule has 2 aliphatic rings. The van der Waals surface area contributed by atoms with Crippen LogP contribution >= 0.6 is 0 Å². The number of nitrogens with one attached hydrogen (secondary N) is 1. The van der Waals surface area contributed by atoms with Crippen molar-refractivity contribution < 1.29 is 4.79 Å². The first-order chi connectivity index (χ1) is 13.8. The Kier molecular flexibility index (Phi) is 5.96. The maximum atomic E-state index is 12.8. The third-order valence-electron chi connectivity index (χ3n) is 6.34. The van der Waals surface area contributed by atoms with Crippen molar-refractivity contribution in [2.24, 2.45) is 0 Å². The highest BCUT2D eigenvalue weighted by atomic mass is 16.2. The molecule has 4 rings (SSSR count). The van der Waals surface area contributed by atoms with E-state index in [-0.39, 0.29) is 11.6 Å². The number of likely N-dealkylation sites (tertiary alicyclic amines) is 2. The summed E-state index contributed by atoms with van der Waals surface area (Å²) in [5, 5.41) is 3.07. The Morgan fingerprint density at radius 3 is 2.36 bits per heavy atom. The van der Waals surface area contributed by atoms with Gasteiger partial charge in [-0.25, -0.2) is 4.79 Å². The molecule has 0 aromatic heterocycles. The molecule has 1 unspecified atom stereocenters. The van der Waals surface area contributed by atoms with Crippen LogP contribution in [0.25, 0.3) is 0 Å². The van der Waals surface area contributed by atoms with Crippen LogP contribution in [0.3, 0.4) is 0 Å². The van der Waals surface area contributed by atoms with Crippen molar-refractivity contribution in [2.45, 2.75) is 44.1 Å². The molecule has 2 aliphatic heterocycles. The second-order valence-corrected chi connectivity index (χ2v) is 8.23. The number of para-hydroxylation sites is 1. The fourth-order valence-electron chi connectivity index (χ4n) is 4.93. The van der Waals surface area contributed by atoms with E-state index in [1.807, 2.05) is 35.2 Å². The van der Waals surface area contributed by atoms with Gasteiger partial charge in [0, 0.05) is 24.3 Å². The van der Waals surface area contributed by atoms with Crippen LogP contribution in [0.4, 0.5) is 10.5 Å². The Morgan fingerprint density at radius 1 is 0.929 bits per heavy atom. The van der Waals surface area contributed by atoms with Crippen LogP contribution in [-0.4, -0.2) is 47.5 Å². The molecule has 2 heterocycles. The Hall–Kier alpha value is -2.33. The Labute approximate surface area is 168 Å². The Morgan fingerprint density at radius 2 is 1.61 bits per heavy atom. The van der Waals surface area contributed by atoms with Gasteiger partial charge in [-0.2, -0.15) is 0 Å². The summed E-state index contributed by atoms with van der Waals surface area (Å²) in [6.45, 7) is 4.02. The highest BCUT2D eigenvalue weighted by Crippen LogP contribution is 2.37. The number of aryl methyl sites for hydroxylation is 1. The number of anilines is 1. The fraction of sp³-hybridized carbons (Fsp3) is 0.458. The molecule has 0 saturated carbocycles. The molecule has 0 aliphatic carbocycles. The third-order valence-corrected chi connectivity index (χ3v) is 6.34. The van der Waals surface area contributed by atoms with Crippen LogP contribution in [-0.2, 0) is 6.42 Å². The zero-order valence-corrected chi connectivity index (χ0v) is 16.6. The maximum Gasteiger partial charge on any atom is 0.321 e. The molecule has 2 amide bonds. The SMILES string of the molecule is O=C(Nc1ccccc1)N1CCCC2(CCCN2CCCc2ccccc2)C1. The summed E-state index contributed by atoms with van der Waals surface area (Å²) in [7, 11) is 0. The average molecular weight is 378 g/mol. The largest absolute Gasteiger partial charge is 0.323 e. The lowest BCUT2D eigenvalue weighted by atomic mass is 9.86. The second-order valence-electron chi connectivity index (χ2n) is 8.23. The van der Waals surface area contributed by atoms with Crippen molar-refractivity contribution in [3.63, 3.8) is 0 Å². The maximum absolute atomic E-state index is 12.8. The summed E-state index contributed by atoms with van der Waals surface area (Å²) in [5.74, 6) is 0. The van der Waals surface area contributed by atoms with Gasteiger partial charge in [-0.3, -0.25) is 4.90 Å². The number of carbonyl (C=O) groups excluding carboxylic acids is 1. The van der Waals surface area contributed by atoms with Gasteiger partial charge in [-0.1, -0.05) is 48.5 Å². The smallest absolute Gasteiger partial charge is 0.321 e. The van der Waals surface area contributed by atoms with Crippen molar-refractivity contribution in [3.05, 3.63) is 66.2 Å². The lowest BCUT2D eigenvalue weighted by Gasteiger charge is -2.46. The monoisotopic (exact) mass is 377 g/mol. The van der Waals surface area contributed by atoms with Crippen molar-refractivity contribution in [2.75, 3.05) is 31.5 Å². The lowest BCUT2D eigenvalue weighted by Crippen LogP contribution is -2.57. The molecule has 0 bridgehead atoms. The van der Waals surface area contributed by atoms with Gasteiger partial charge in [0.15, 0.2) is 0 Å². The van der Waals surface area contributed by atoms with E-state index >= 15 is 0 Å². The molecule has 1 spiro atoms. The Bertz CT molecular complexity index is 764. The van der Waals surface area contributed by atoms with E-state index < -0.39 is 0 Å². The molecule has 2 aromatic carbocycles. The molecule has 0 radical (unpaired) electrons. The third kappa shape index (κ3) is 4.39. The number of amides is 2. The van der Waals surface area contributed by atoms with E-state index in [1.54, 1.807) is 0 Å². The van der Waals surface area contributed by atoms with Gasteiger partial charge >= 0.3 is 6.03 Å². The van der Waals surface area contributed by atoms with E-state index in [2.05, 4.69) is 40.5 Å². The molecule has 4 nitrogen and oxygen atoms in total. The van der Waals surface area contributed by atoms with Gasteiger partial charge in [0.05, 0.1) is 0 Å². The highest BCUT2D eigenvalue weighted by molar-refractivity contribution is 5.89. The van der Waals surface area contributed by atoms with Crippen LogP contribution in [0.15, 0.2) is 60.7 Å². The number of hydrogen-bond donors (Lipinski definition) is 1. The molecule has 148 valence electrons. The van der Waals surface area contributed by atoms with Gasteiger partial charge in [0.1, 0.15) is 0 Å². The molecule has 4 heteroatoms. The quantitative estimate of drug-likeness (QED) is 0.814. The van der Waals surface area contributed by atoms with Crippen LogP contribution in [0.5, 0.6) is 0 Å². The zero-order valence-electron chi connectivity index (χ0n) is 16.6. The first-order valence-electron chi connectivity index (χ1n) is 10.7. The van der Waals surface area contributed by atoms with Crippen LogP contribution in [0.2, 0.25) is 0 Å². The van der Waals surface area contributed by atoms with Crippen molar-refractivity contribution in [3.8, 4) is 0 Å². The first-order valence-corrected chi connectivity index (χ1v) is 10.7. The van der Waals surface area contributed by atoms with E-state index in [9.17, 15) is 4.79 Å². The van der Waals surface area contributed by atoms with Gasteiger partial charge < -0.3 is 10.2 Å². The Balaban J connectivity index is 1.35. The van der Waals surface area contributed by atoms with Gasteiger partial charge in [0.2, 0.25) is 0 Å². The van der Waals surface area contributed by atoms with Gasteiger partial charge in [0.25, 0.3) is 0 Å². The summed E-state index contributed by atoms with van der Waals surface area (Å²) in [6, 6.07) is 20.6. The van der Waals surface area contributed by atoms with Crippen molar-refractivity contribution in [1.29, 1.82) is 0 Å². The molecular formula is C24H31N3O. The minimum Gasteiger partial charge on any atom is -0.323 e. The molecule has 28 heavy (non-hydrogen) atoms. The van der Waals surface area contributed by atoms with Crippen molar-refractivity contribution in [1.82, 2.24) is 9.80 Å². The van der Waals surface area contributed by atoms with Crippen LogP contribution < -0.4 is 5.32 Å². The lowest BCUT2D eigenvalue weighted by molar-refractivity contribution is 0.0580. The predicted molar refractivity (Wildman–Crippen MR) is 115 cm³/mol. The first kappa shape index (κ1) is 19.0. The molecular weight excluding hydrogens is 346 g/mol. The predicted octanol–water partition coefficient (Wildman–Crippen LogP) is 4.78. The van der Waals surface area contributed by atoms with E-state index in [0.717, 1.165) is 38.2 Å². The number of nitrogens with zero attached hydrogens (tertiary/aromatic N) is 2. The normalized spacial score (nSPS) is 22.5. The standard InChI is InChI=1S/C24H31N3O/c28-23(25-22-13-5-2-6-14-22)26-17-8-15-24(20-26)16-9-19-27(24)18-7-12-21-10-3-1-4-11-21/h1-6,10-11,13-14H,7-9,12,15-20H2,(H,25,28). The van der Waals surface area contributed by atoms with Crippen LogP contribution in [0, 0.1) is 0 Å². The number of hydrogen-bond acceptors (Lipinski definition) is 2. The number of carbonyl (C=O) groups is 1. The van der Waals surface area contributed by atoms with E-state index in [4.69, 9.17) is 0 Å². The number of rotatable bonds is 5.